The van der Waals surface area contributed by atoms with Gasteiger partial charge in [-0.25, -0.2) is 0 Å². The van der Waals surface area contributed by atoms with Gasteiger partial charge in [0.05, 0.1) is 13.5 Å². The summed E-state index contributed by atoms with van der Waals surface area (Å²) >= 11 is 0. The Kier molecular flexibility index (Phi) is 3.85. The number of H-pyrrole nitrogens is 1. The molecular formula is C14H16N2O3. The second kappa shape index (κ2) is 5.56. The number of carbonyl (C=O) groups is 2. The van der Waals surface area contributed by atoms with E-state index in [1.165, 1.54) is 7.11 Å². The highest BCUT2D eigenvalue weighted by Crippen LogP contribution is 2.14. The summed E-state index contributed by atoms with van der Waals surface area (Å²) in [4.78, 5) is 26.1. The Morgan fingerprint density at radius 3 is 2.79 bits per heavy atom. The van der Waals surface area contributed by atoms with Crippen LogP contribution in [0.15, 0.2) is 30.3 Å². The Morgan fingerprint density at radius 2 is 2.11 bits per heavy atom. The Labute approximate surface area is 110 Å². The molecule has 0 fully saturated rings. The van der Waals surface area contributed by atoms with Crippen LogP contribution in [0.1, 0.15) is 23.8 Å². The van der Waals surface area contributed by atoms with Crippen LogP contribution in [0.5, 0.6) is 0 Å². The number of hydrogen-bond acceptors (Lipinski definition) is 3. The number of benzene rings is 1. The fourth-order valence-corrected chi connectivity index (χ4v) is 1.88. The molecule has 5 heteroatoms. The monoisotopic (exact) mass is 260 g/mol. The van der Waals surface area contributed by atoms with Gasteiger partial charge >= 0.3 is 5.97 Å². The van der Waals surface area contributed by atoms with Crippen LogP contribution in [-0.4, -0.2) is 30.0 Å². The van der Waals surface area contributed by atoms with Crippen LogP contribution in [-0.2, 0) is 9.53 Å². The highest BCUT2D eigenvalue weighted by Gasteiger charge is 2.14. The molecule has 0 aliphatic heterocycles. The predicted molar refractivity (Wildman–Crippen MR) is 71.9 cm³/mol. The number of fused-ring (bicyclic) bond motifs is 1. The van der Waals surface area contributed by atoms with E-state index in [0.29, 0.717) is 5.69 Å². The molecule has 0 saturated heterocycles. The zero-order chi connectivity index (χ0) is 13.8. The molecule has 1 amide bonds. The van der Waals surface area contributed by atoms with Crippen LogP contribution < -0.4 is 5.32 Å². The van der Waals surface area contributed by atoms with Crippen molar-refractivity contribution in [2.45, 2.75) is 19.4 Å². The summed E-state index contributed by atoms with van der Waals surface area (Å²) < 4.78 is 4.56. The molecule has 19 heavy (non-hydrogen) atoms. The molecule has 0 aliphatic carbocycles. The third-order valence-electron chi connectivity index (χ3n) is 2.85. The molecule has 0 spiro atoms. The van der Waals surface area contributed by atoms with Crippen molar-refractivity contribution >= 4 is 22.8 Å². The molecular weight excluding hydrogens is 244 g/mol. The van der Waals surface area contributed by atoms with E-state index in [0.717, 1.165) is 10.9 Å². The van der Waals surface area contributed by atoms with Crippen molar-refractivity contribution in [2.24, 2.45) is 0 Å². The van der Waals surface area contributed by atoms with Crippen LogP contribution in [0.25, 0.3) is 10.9 Å². The average molecular weight is 260 g/mol. The summed E-state index contributed by atoms with van der Waals surface area (Å²) in [7, 11) is 1.33. The average Bonchev–Trinajstić information content (AvgIpc) is 2.82. The number of aromatic amines is 1. The highest BCUT2D eigenvalue weighted by molar-refractivity contribution is 5.98. The normalized spacial score (nSPS) is 12.1. The lowest BCUT2D eigenvalue weighted by atomic mass is 10.2. The second-order valence-corrected chi connectivity index (χ2v) is 4.43. The summed E-state index contributed by atoms with van der Waals surface area (Å²) in [6, 6.07) is 9.17. The quantitative estimate of drug-likeness (QED) is 0.824. The molecule has 0 bridgehead atoms. The first-order valence-corrected chi connectivity index (χ1v) is 6.05. The summed E-state index contributed by atoms with van der Waals surface area (Å²) in [5.41, 5.74) is 1.39. The number of hydrogen-bond donors (Lipinski definition) is 2. The lowest BCUT2D eigenvalue weighted by Gasteiger charge is -2.11. The maximum absolute atomic E-state index is 12.0. The van der Waals surface area contributed by atoms with Crippen LogP contribution in [0.3, 0.4) is 0 Å². The van der Waals surface area contributed by atoms with Gasteiger partial charge in [0.2, 0.25) is 0 Å². The molecule has 5 nitrogen and oxygen atoms in total. The van der Waals surface area contributed by atoms with Crippen molar-refractivity contribution in [2.75, 3.05) is 7.11 Å². The van der Waals surface area contributed by atoms with E-state index in [4.69, 9.17) is 0 Å². The lowest BCUT2D eigenvalue weighted by Crippen LogP contribution is -2.34. The van der Waals surface area contributed by atoms with Crippen molar-refractivity contribution in [3.63, 3.8) is 0 Å². The third kappa shape index (κ3) is 3.13. The van der Waals surface area contributed by atoms with Gasteiger partial charge in [0.25, 0.3) is 5.91 Å². The Hall–Kier alpha value is -2.30. The molecule has 1 heterocycles. The highest BCUT2D eigenvalue weighted by atomic mass is 16.5. The molecule has 2 N–H and O–H groups in total. The zero-order valence-corrected chi connectivity index (χ0v) is 10.9. The number of aromatic nitrogens is 1. The molecule has 1 aromatic carbocycles. The third-order valence-corrected chi connectivity index (χ3v) is 2.85. The molecule has 0 saturated carbocycles. The summed E-state index contributed by atoms with van der Waals surface area (Å²) in [5.74, 6) is -0.572. The first kappa shape index (κ1) is 13.1. The standard InChI is InChI=1S/C14H16N2O3/c1-9(7-13(17)19-2)15-14(18)12-8-10-5-3-4-6-11(10)16-12/h3-6,8-9,16H,7H2,1-2H3,(H,15,18). The van der Waals surface area contributed by atoms with Gasteiger partial charge in [-0.3, -0.25) is 9.59 Å². The van der Waals surface area contributed by atoms with Gasteiger partial charge in [0.15, 0.2) is 0 Å². The minimum atomic E-state index is -0.343. The Balaban J connectivity index is 2.05. The fraction of sp³-hybridized carbons (Fsp3) is 0.286. The number of esters is 1. The summed E-state index contributed by atoms with van der Waals surface area (Å²) in [6.07, 6.45) is 0.155. The van der Waals surface area contributed by atoms with Crippen molar-refractivity contribution in [1.82, 2.24) is 10.3 Å². The van der Waals surface area contributed by atoms with Crippen molar-refractivity contribution in [3.8, 4) is 0 Å². The largest absolute Gasteiger partial charge is 0.469 e. The molecule has 0 aliphatic rings. The van der Waals surface area contributed by atoms with Crippen molar-refractivity contribution in [1.29, 1.82) is 0 Å². The van der Waals surface area contributed by atoms with E-state index >= 15 is 0 Å². The Bertz CT molecular complexity index is 571. The predicted octanol–water partition coefficient (Wildman–Crippen LogP) is 1.85. The first-order chi connectivity index (χ1) is 9.10. The van der Waals surface area contributed by atoms with E-state index < -0.39 is 0 Å². The first-order valence-electron chi connectivity index (χ1n) is 6.05. The number of carbonyl (C=O) groups excluding carboxylic acids is 2. The number of rotatable bonds is 4. The van der Waals surface area contributed by atoms with Crippen LogP contribution >= 0.6 is 0 Å². The van der Waals surface area contributed by atoms with E-state index in [9.17, 15) is 9.59 Å². The Morgan fingerprint density at radius 1 is 1.37 bits per heavy atom. The van der Waals surface area contributed by atoms with E-state index in [2.05, 4.69) is 15.0 Å². The molecule has 2 rings (SSSR count). The number of ether oxygens (including phenoxy) is 1. The van der Waals surface area contributed by atoms with Gasteiger partial charge < -0.3 is 15.0 Å². The minimum absolute atomic E-state index is 0.155. The molecule has 1 atom stereocenters. The van der Waals surface area contributed by atoms with Gasteiger partial charge in [0, 0.05) is 16.9 Å². The molecule has 1 unspecified atom stereocenters. The smallest absolute Gasteiger partial charge is 0.307 e. The van der Waals surface area contributed by atoms with Gasteiger partial charge in [-0.1, -0.05) is 18.2 Å². The number of amides is 1. The number of nitrogens with one attached hydrogen (secondary N) is 2. The van der Waals surface area contributed by atoms with Crippen molar-refractivity contribution in [3.05, 3.63) is 36.0 Å². The minimum Gasteiger partial charge on any atom is -0.469 e. The maximum Gasteiger partial charge on any atom is 0.307 e. The lowest BCUT2D eigenvalue weighted by molar-refractivity contribution is -0.141. The van der Waals surface area contributed by atoms with Crippen LogP contribution in [0.2, 0.25) is 0 Å². The second-order valence-electron chi connectivity index (χ2n) is 4.43. The SMILES string of the molecule is COC(=O)CC(C)NC(=O)c1cc2ccccc2[nH]1. The zero-order valence-electron chi connectivity index (χ0n) is 10.9. The number of para-hydroxylation sites is 1. The van der Waals surface area contributed by atoms with Gasteiger partial charge in [-0.15, -0.1) is 0 Å². The fourth-order valence-electron chi connectivity index (χ4n) is 1.88. The summed E-state index contributed by atoms with van der Waals surface area (Å²) in [6.45, 7) is 1.76. The van der Waals surface area contributed by atoms with Crippen molar-refractivity contribution < 1.29 is 14.3 Å². The van der Waals surface area contributed by atoms with Gasteiger partial charge in [-0.2, -0.15) is 0 Å². The topological polar surface area (TPSA) is 71.2 Å². The van der Waals surface area contributed by atoms with E-state index in [1.807, 2.05) is 24.3 Å². The maximum atomic E-state index is 12.0. The molecule has 2 aromatic rings. The van der Waals surface area contributed by atoms with Crippen LogP contribution in [0.4, 0.5) is 0 Å². The van der Waals surface area contributed by atoms with Crippen LogP contribution in [0, 0.1) is 0 Å². The van der Waals surface area contributed by atoms with E-state index in [1.54, 1.807) is 13.0 Å². The molecule has 1 aromatic heterocycles. The molecule has 100 valence electrons. The summed E-state index contributed by atoms with van der Waals surface area (Å²) in [5, 5.41) is 3.73. The van der Waals surface area contributed by atoms with E-state index in [-0.39, 0.29) is 24.3 Å². The molecule has 0 radical (unpaired) electrons. The van der Waals surface area contributed by atoms with Gasteiger partial charge in [0.1, 0.15) is 5.69 Å². The van der Waals surface area contributed by atoms with Gasteiger partial charge in [-0.05, 0) is 19.1 Å². The number of methoxy groups -OCH3 is 1.